The first-order chi connectivity index (χ1) is 13.4. The molecule has 0 heterocycles. The normalized spacial score (nSPS) is 10.8. The predicted molar refractivity (Wildman–Crippen MR) is 114 cm³/mol. The highest BCUT2D eigenvalue weighted by molar-refractivity contribution is 9.10. The third-order valence-corrected chi connectivity index (χ3v) is 4.75. The topological polar surface area (TPSA) is 69.2 Å². The first kappa shape index (κ1) is 21.8. The van der Waals surface area contributed by atoms with Crippen molar-refractivity contribution >= 4 is 28.1 Å². The van der Waals surface area contributed by atoms with Crippen LogP contribution in [0.5, 0.6) is 17.2 Å². The minimum atomic E-state index is -0.339. The second kappa shape index (κ2) is 10.1. The van der Waals surface area contributed by atoms with Crippen molar-refractivity contribution < 1.29 is 19.0 Å². The summed E-state index contributed by atoms with van der Waals surface area (Å²) in [6, 6.07) is 7.62. The predicted octanol–water partition coefficient (Wildman–Crippen LogP) is 4.31. The van der Waals surface area contributed by atoms with E-state index in [0.29, 0.717) is 18.1 Å². The number of carbonyl (C=O) groups excluding carboxylic acids is 1. The van der Waals surface area contributed by atoms with Crippen LogP contribution in [0.4, 0.5) is 0 Å². The van der Waals surface area contributed by atoms with Crippen molar-refractivity contribution in [2.45, 2.75) is 27.7 Å². The molecule has 0 bridgehead atoms. The lowest BCUT2D eigenvalue weighted by Crippen LogP contribution is -2.25. The van der Waals surface area contributed by atoms with Gasteiger partial charge in [-0.3, -0.25) is 4.79 Å². The molecule has 28 heavy (non-hydrogen) atoms. The first-order valence-electron chi connectivity index (χ1n) is 8.89. The lowest BCUT2D eigenvalue weighted by Gasteiger charge is -2.13. The van der Waals surface area contributed by atoms with Gasteiger partial charge in [-0.1, -0.05) is 12.1 Å². The molecule has 0 saturated heterocycles. The second-order valence-corrected chi connectivity index (χ2v) is 7.06. The van der Waals surface area contributed by atoms with E-state index >= 15 is 0 Å². The third-order valence-electron chi connectivity index (χ3n) is 4.16. The van der Waals surface area contributed by atoms with Crippen LogP contribution in [0, 0.1) is 20.8 Å². The number of hydrogen-bond donors (Lipinski definition) is 1. The lowest BCUT2D eigenvalue weighted by molar-refractivity contribution is -0.123. The highest BCUT2D eigenvalue weighted by Crippen LogP contribution is 2.36. The summed E-state index contributed by atoms with van der Waals surface area (Å²) in [4.78, 5) is 12.0. The SMILES string of the molecule is CCOc1c(Br)cc(/C=N/NC(=O)COc2c(C)ccc(C)c2C)cc1OC. The van der Waals surface area contributed by atoms with Crippen LogP contribution >= 0.6 is 15.9 Å². The second-order valence-electron chi connectivity index (χ2n) is 6.20. The molecular weight excluding hydrogens is 424 g/mol. The van der Waals surface area contributed by atoms with Gasteiger partial charge < -0.3 is 14.2 Å². The van der Waals surface area contributed by atoms with Crippen LogP contribution in [-0.4, -0.2) is 32.4 Å². The smallest absolute Gasteiger partial charge is 0.277 e. The summed E-state index contributed by atoms with van der Waals surface area (Å²) < 4.78 is 17.3. The molecule has 0 radical (unpaired) electrons. The van der Waals surface area contributed by atoms with Gasteiger partial charge in [0.1, 0.15) is 5.75 Å². The number of methoxy groups -OCH3 is 1. The van der Waals surface area contributed by atoms with Crippen molar-refractivity contribution in [1.82, 2.24) is 5.43 Å². The molecular formula is C21H25BrN2O4. The number of rotatable bonds is 8. The number of nitrogens with one attached hydrogen (secondary N) is 1. The van der Waals surface area contributed by atoms with Crippen LogP contribution in [0.15, 0.2) is 33.8 Å². The van der Waals surface area contributed by atoms with Gasteiger partial charge in [-0.05, 0) is 78.0 Å². The number of hydrazone groups is 1. The zero-order chi connectivity index (χ0) is 20.7. The average molecular weight is 449 g/mol. The fraction of sp³-hybridized carbons (Fsp3) is 0.333. The van der Waals surface area contributed by atoms with Gasteiger partial charge in [0, 0.05) is 0 Å². The van der Waals surface area contributed by atoms with E-state index in [4.69, 9.17) is 14.2 Å². The summed E-state index contributed by atoms with van der Waals surface area (Å²) >= 11 is 3.46. The summed E-state index contributed by atoms with van der Waals surface area (Å²) in [5.74, 6) is 1.61. The van der Waals surface area contributed by atoms with Crippen molar-refractivity contribution in [3.8, 4) is 17.2 Å². The van der Waals surface area contributed by atoms with Crippen LogP contribution in [0.3, 0.4) is 0 Å². The molecule has 0 saturated carbocycles. The third kappa shape index (κ3) is 5.48. The zero-order valence-electron chi connectivity index (χ0n) is 16.8. The fourth-order valence-electron chi connectivity index (χ4n) is 2.60. The van der Waals surface area contributed by atoms with Crippen molar-refractivity contribution in [3.63, 3.8) is 0 Å². The van der Waals surface area contributed by atoms with Gasteiger partial charge in [-0.2, -0.15) is 5.10 Å². The molecule has 0 aliphatic rings. The Morgan fingerprint density at radius 3 is 2.54 bits per heavy atom. The molecule has 6 nitrogen and oxygen atoms in total. The largest absolute Gasteiger partial charge is 0.493 e. The summed E-state index contributed by atoms with van der Waals surface area (Å²) in [6.45, 7) is 8.25. The maximum absolute atomic E-state index is 12.0. The standard InChI is InChI=1S/C21H25BrN2O4/c1-6-27-21-17(22)9-16(10-18(21)26-5)11-23-24-19(25)12-28-20-14(3)8-7-13(2)15(20)4/h7-11H,6,12H2,1-5H3,(H,24,25)/b23-11+. The minimum absolute atomic E-state index is 0.112. The first-order valence-corrected chi connectivity index (χ1v) is 9.68. The number of carbonyl (C=O) groups is 1. The highest BCUT2D eigenvalue weighted by Gasteiger charge is 2.11. The molecule has 2 aromatic rings. The number of hydrogen-bond acceptors (Lipinski definition) is 5. The molecule has 0 spiro atoms. The Labute approximate surface area is 174 Å². The number of halogens is 1. The van der Waals surface area contributed by atoms with Crippen molar-refractivity contribution in [2.75, 3.05) is 20.3 Å². The Hall–Kier alpha value is -2.54. The molecule has 0 aliphatic heterocycles. The minimum Gasteiger partial charge on any atom is -0.493 e. The summed E-state index contributed by atoms with van der Waals surface area (Å²) in [5.41, 5.74) is 6.36. The Bertz CT molecular complexity index is 881. The van der Waals surface area contributed by atoms with Gasteiger partial charge in [-0.15, -0.1) is 0 Å². The molecule has 7 heteroatoms. The van der Waals surface area contributed by atoms with Gasteiger partial charge in [0.15, 0.2) is 18.1 Å². The number of ether oxygens (including phenoxy) is 3. The van der Waals surface area contributed by atoms with Crippen LogP contribution in [0.25, 0.3) is 0 Å². The maximum atomic E-state index is 12.0. The Morgan fingerprint density at radius 2 is 1.86 bits per heavy atom. The molecule has 1 amide bonds. The Balaban J connectivity index is 1.99. The molecule has 0 unspecified atom stereocenters. The van der Waals surface area contributed by atoms with Crippen LogP contribution in [-0.2, 0) is 4.79 Å². The van der Waals surface area contributed by atoms with Gasteiger partial charge in [-0.25, -0.2) is 5.43 Å². The average Bonchev–Trinajstić information content (AvgIpc) is 2.66. The maximum Gasteiger partial charge on any atom is 0.277 e. The van der Waals surface area contributed by atoms with E-state index in [2.05, 4.69) is 26.5 Å². The molecule has 0 atom stereocenters. The molecule has 0 aromatic heterocycles. The number of aryl methyl sites for hydroxylation is 2. The molecule has 0 fully saturated rings. The van der Waals surface area contributed by atoms with E-state index < -0.39 is 0 Å². The van der Waals surface area contributed by atoms with Gasteiger partial charge >= 0.3 is 0 Å². The highest BCUT2D eigenvalue weighted by atomic mass is 79.9. The van der Waals surface area contributed by atoms with E-state index in [1.807, 2.05) is 45.9 Å². The van der Waals surface area contributed by atoms with Crippen molar-refractivity contribution in [2.24, 2.45) is 5.10 Å². The van der Waals surface area contributed by atoms with Crippen molar-refractivity contribution in [3.05, 3.63) is 51.0 Å². The van der Waals surface area contributed by atoms with Gasteiger partial charge in [0.05, 0.1) is 24.4 Å². The van der Waals surface area contributed by atoms with Gasteiger partial charge in [0.2, 0.25) is 0 Å². The summed E-state index contributed by atoms with van der Waals surface area (Å²) in [6.07, 6.45) is 1.53. The molecule has 1 N–H and O–H groups in total. The molecule has 150 valence electrons. The quantitative estimate of drug-likeness (QED) is 0.482. The summed E-state index contributed by atoms with van der Waals surface area (Å²) in [5, 5.41) is 3.99. The van der Waals surface area contributed by atoms with Crippen LogP contribution in [0.1, 0.15) is 29.2 Å². The van der Waals surface area contributed by atoms with Gasteiger partial charge in [0.25, 0.3) is 5.91 Å². The monoisotopic (exact) mass is 448 g/mol. The number of nitrogens with zero attached hydrogens (tertiary/aromatic N) is 1. The fourth-order valence-corrected chi connectivity index (χ4v) is 3.17. The molecule has 2 rings (SSSR count). The van der Waals surface area contributed by atoms with Crippen LogP contribution < -0.4 is 19.6 Å². The molecule has 2 aromatic carbocycles. The van der Waals surface area contributed by atoms with E-state index in [9.17, 15) is 4.79 Å². The van der Waals surface area contributed by atoms with E-state index in [1.165, 1.54) is 6.21 Å². The van der Waals surface area contributed by atoms with E-state index in [-0.39, 0.29) is 12.5 Å². The van der Waals surface area contributed by atoms with Crippen LogP contribution in [0.2, 0.25) is 0 Å². The number of amides is 1. The Kier molecular flexibility index (Phi) is 7.87. The van der Waals surface area contributed by atoms with E-state index in [0.717, 1.165) is 32.5 Å². The Morgan fingerprint density at radius 1 is 1.14 bits per heavy atom. The number of benzene rings is 2. The lowest BCUT2D eigenvalue weighted by atomic mass is 10.1. The van der Waals surface area contributed by atoms with Crippen molar-refractivity contribution in [1.29, 1.82) is 0 Å². The zero-order valence-corrected chi connectivity index (χ0v) is 18.3. The summed E-state index contributed by atoms with van der Waals surface area (Å²) in [7, 11) is 1.57. The molecule has 0 aliphatic carbocycles. The van der Waals surface area contributed by atoms with E-state index in [1.54, 1.807) is 13.2 Å².